The first-order valence-electron chi connectivity index (χ1n) is 11.6. The van der Waals surface area contributed by atoms with Crippen LogP contribution in [0.25, 0.3) is 0 Å². The molecule has 0 aliphatic carbocycles. The van der Waals surface area contributed by atoms with Crippen LogP contribution in [0, 0.1) is 17.3 Å². The standard InChI is InChI=1S/C24H48O2/c1-6-7-8-9-10-11-12-13-14-15-16-17-18-19-20-24(21(2)3,22(4)5)23(25)26/h21-22H,6-20H2,1-5H3,(H,25,26). The Morgan fingerprint density at radius 1 is 0.654 bits per heavy atom. The third-order valence-corrected chi connectivity index (χ3v) is 6.40. The van der Waals surface area contributed by atoms with Crippen LogP contribution in [-0.2, 0) is 4.79 Å². The van der Waals surface area contributed by atoms with Crippen molar-refractivity contribution in [2.75, 3.05) is 0 Å². The summed E-state index contributed by atoms with van der Waals surface area (Å²) in [4.78, 5) is 11.9. The lowest BCUT2D eigenvalue weighted by Gasteiger charge is -2.37. The highest BCUT2D eigenvalue weighted by molar-refractivity contribution is 5.75. The molecule has 26 heavy (non-hydrogen) atoms. The topological polar surface area (TPSA) is 37.3 Å². The van der Waals surface area contributed by atoms with E-state index in [2.05, 4.69) is 34.6 Å². The second kappa shape index (κ2) is 15.5. The van der Waals surface area contributed by atoms with E-state index < -0.39 is 11.4 Å². The van der Waals surface area contributed by atoms with E-state index in [4.69, 9.17) is 0 Å². The third-order valence-electron chi connectivity index (χ3n) is 6.40. The Morgan fingerprint density at radius 2 is 0.962 bits per heavy atom. The van der Waals surface area contributed by atoms with E-state index in [1.54, 1.807) is 0 Å². The molecule has 0 aromatic carbocycles. The number of hydrogen-bond acceptors (Lipinski definition) is 1. The molecule has 0 spiro atoms. The summed E-state index contributed by atoms with van der Waals surface area (Å²) in [5.74, 6) is -0.207. The molecule has 0 aromatic rings. The van der Waals surface area contributed by atoms with Crippen LogP contribution in [0.1, 0.15) is 131 Å². The number of carboxylic acids is 1. The van der Waals surface area contributed by atoms with Crippen molar-refractivity contribution in [2.24, 2.45) is 17.3 Å². The number of carboxylic acid groups (broad SMARTS) is 1. The fraction of sp³-hybridized carbons (Fsp3) is 0.958. The molecule has 0 saturated carbocycles. The number of aliphatic carboxylic acids is 1. The normalized spacial score (nSPS) is 12.3. The smallest absolute Gasteiger partial charge is 0.310 e. The SMILES string of the molecule is CCCCCCCCCCCCCCCCC(C(=O)O)(C(C)C)C(C)C. The zero-order valence-electron chi connectivity index (χ0n) is 18.6. The summed E-state index contributed by atoms with van der Waals surface area (Å²) in [6, 6.07) is 0. The van der Waals surface area contributed by atoms with Gasteiger partial charge in [-0.05, 0) is 18.3 Å². The average molecular weight is 369 g/mol. The summed E-state index contributed by atoms with van der Waals surface area (Å²) < 4.78 is 0. The van der Waals surface area contributed by atoms with Crippen LogP contribution in [0.15, 0.2) is 0 Å². The molecule has 0 aliphatic heterocycles. The first-order chi connectivity index (χ1) is 12.4. The number of rotatable bonds is 18. The van der Waals surface area contributed by atoms with Gasteiger partial charge in [0.2, 0.25) is 0 Å². The molecule has 2 nitrogen and oxygen atoms in total. The minimum absolute atomic E-state index is 0.196. The molecule has 0 radical (unpaired) electrons. The molecule has 0 heterocycles. The van der Waals surface area contributed by atoms with Gasteiger partial charge in [-0.2, -0.15) is 0 Å². The highest BCUT2D eigenvalue weighted by Crippen LogP contribution is 2.41. The Morgan fingerprint density at radius 3 is 1.23 bits per heavy atom. The Balaban J connectivity index is 3.64. The zero-order valence-corrected chi connectivity index (χ0v) is 18.6. The molecule has 0 saturated heterocycles. The average Bonchev–Trinajstić information content (AvgIpc) is 2.57. The molecule has 0 rings (SSSR count). The maximum absolute atomic E-state index is 11.9. The number of hydrogen-bond donors (Lipinski definition) is 1. The van der Waals surface area contributed by atoms with Gasteiger partial charge in [0.05, 0.1) is 5.41 Å². The lowest BCUT2D eigenvalue weighted by Crippen LogP contribution is -2.41. The monoisotopic (exact) mass is 368 g/mol. The maximum atomic E-state index is 11.9. The summed E-state index contributed by atoms with van der Waals surface area (Å²) in [6.45, 7) is 10.5. The first kappa shape index (κ1) is 25.5. The van der Waals surface area contributed by atoms with E-state index in [9.17, 15) is 9.90 Å². The van der Waals surface area contributed by atoms with Crippen molar-refractivity contribution >= 4 is 5.97 Å². The van der Waals surface area contributed by atoms with Crippen LogP contribution in [0.4, 0.5) is 0 Å². The molecular weight excluding hydrogens is 320 g/mol. The van der Waals surface area contributed by atoms with Gasteiger partial charge in [0.15, 0.2) is 0 Å². The predicted octanol–water partition coefficient (Wildman–Crippen LogP) is 8.24. The van der Waals surface area contributed by atoms with Gasteiger partial charge in [-0.25, -0.2) is 0 Å². The minimum atomic E-state index is -0.600. The van der Waals surface area contributed by atoms with Gasteiger partial charge in [-0.3, -0.25) is 4.79 Å². The Kier molecular flexibility index (Phi) is 15.2. The van der Waals surface area contributed by atoms with Crippen molar-refractivity contribution in [1.82, 2.24) is 0 Å². The quantitative estimate of drug-likeness (QED) is 0.247. The minimum Gasteiger partial charge on any atom is -0.481 e. The number of carbonyl (C=O) groups is 1. The highest BCUT2D eigenvalue weighted by Gasteiger charge is 2.43. The van der Waals surface area contributed by atoms with Crippen molar-refractivity contribution in [3.8, 4) is 0 Å². The predicted molar refractivity (Wildman–Crippen MR) is 115 cm³/mol. The summed E-state index contributed by atoms with van der Waals surface area (Å²) in [6.07, 6.45) is 19.7. The van der Waals surface area contributed by atoms with Gasteiger partial charge in [0, 0.05) is 0 Å². The third kappa shape index (κ3) is 9.97. The van der Waals surface area contributed by atoms with Crippen LogP contribution in [0.3, 0.4) is 0 Å². The van der Waals surface area contributed by atoms with Crippen molar-refractivity contribution in [3.63, 3.8) is 0 Å². The Hall–Kier alpha value is -0.530. The van der Waals surface area contributed by atoms with Crippen LogP contribution in [0.5, 0.6) is 0 Å². The van der Waals surface area contributed by atoms with Gasteiger partial charge in [0.25, 0.3) is 0 Å². The zero-order chi connectivity index (χ0) is 19.8. The van der Waals surface area contributed by atoms with E-state index in [0.29, 0.717) is 0 Å². The van der Waals surface area contributed by atoms with Crippen molar-refractivity contribution in [2.45, 2.75) is 131 Å². The van der Waals surface area contributed by atoms with E-state index in [-0.39, 0.29) is 11.8 Å². The molecule has 0 aromatic heterocycles. The molecular formula is C24H48O2. The molecule has 0 fully saturated rings. The second-order valence-electron chi connectivity index (χ2n) is 9.00. The van der Waals surface area contributed by atoms with Gasteiger partial charge in [-0.1, -0.05) is 125 Å². The van der Waals surface area contributed by atoms with E-state index in [0.717, 1.165) is 12.8 Å². The second-order valence-corrected chi connectivity index (χ2v) is 9.00. The molecule has 0 unspecified atom stereocenters. The van der Waals surface area contributed by atoms with E-state index >= 15 is 0 Å². The van der Waals surface area contributed by atoms with Crippen LogP contribution in [0.2, 0.25) is 0 Å². The van der Waals surface area contributed by atoms with E-state index in [1.165, 1.54) is 83.5 Å². The van der Waals surface area contributed by atoms with Crippen LogP contribution < -0.4 is 0 Å². The number of unbranched alkanes of at least 4 members (excludes halogenated alkanes) is 13. The summed E-state index contributed by atoms with van der Waals surface area (Å²) in [5, 5.41) is 9.77. The fourth-order valence-electron chi connectivity index (χ4n) is 4.46. The van der Waals surface area contributed by atoms with Gasteiger partial charge in [0.1, 0.15) is 0 Å². The van der Waals surface area contributed by atoms with Crippen molar-refractivity contribution in [1.29, 1.82) is 0 Å². The first-order valence-corrected chi connectivity index (χ1v) is 11.6. The largest absolute Gasteiger partial charge is 0.481 e. The molecule has 0 bridgehead atoms. The van der Waals surface area contributed by atoms with Gasteiger partial charge >= 0.3 is 5.97 Å². The molecule has 1 N–H and O–H groups in total. The van der Waals surface area contributed by atoms with Crippen LogP contribution in [-0.4, -0.2) is 11.1 Å². The van der Waals surface area contributed by atoms with Crippen molar-refractivity contribution in [3.05, 3.63) is 0 Å². The van der Waals surface area contributed by atoms with Gasteiger partial charge in [-0.15, -0.1) is 0 Å². The fourth-order valence-corrected chi connectivity index (χ4v) is 4.46. The summed E-state index contributed by atoms with van der Waals surface area (Å²) >= 11 is 0. The Bertz CT molecular complexity index is 325. The lowest BCUT2D eigenvalue weighted by atomic mass is 9.66. The molecule has 0 atom stereocenters. The molecule has 0 amide bonds. The molecule has 156 valence electrons. The highest BCUT2D eigenvalue weighted by atomic mass is 16.4. The van der Waals surface area contributed by atoms with E-state index in [1.807, 2.05) is 0 Å². The Labute approximate surface area is 164 Å². The van der Waals surface area contributed by atoms with Crippen LogP contribution >= 0.6 is 0 Å². The summed E-state index contributed by atoms with van der Waals surface area (Å²) in [5.41, 5.74) is -0.545. The lowest BCUT2D eigenvalue weighted by molar-refractivity contribution is -0.156. The molecule has 0 aliphatic rings. The van der Waals surface area contributed by atoms with Gasteiger partial charge < -0.3 is 5.11 Å². The maximum Gasteiger partial charge on any atom is 0.310 e. The summed E-state index contributed by atoms with van der Waals surface area (Å²) in [7, 11) is 0. The van der Waals surface area contributed by atoms with Crippen molar-refractivity contribution < 1.29 is 9.90 Å². The molecule has 2 heteroatoms.